The Balaban J connectivity index is 3.23. The predicted octanol–water partition coefficient (Wildman–Crippen LogP) is 2.65. The molecule has 0 saturated heterocycles. The summed E-state index contributed by atoms with van der Waals surface area (Å²) >= 11 is 3.20. The van der Waals surface area contributed by atoms with Crippen LogP contribution in [0.2, 0.25) is 0 Å². The van der Waals surface area contributed by atoms with Crippen LogP contribution in [0.1, 0.15) is 19.4 Å². The average molecular weight is 338 g/mol. The molecule has 0 aliphatic heterocycles. The number of rotatable bonds is 5. The van der Waals surface area contributed by atoms with Crippen molar-refractivity contribution in [1.29, 1.82) is 0 Å². The van der Waals surface area contributed by atoms with E-state index >= 15 is 0 Å². The van der Waals surface area contributed by atoms with Crippen molar-refractivity contribution >= 4 is 25.8 Å². The van der Waals surface area contributed by atoms with Crippen LogP contribution in [-0.2, 0) is 15.5 Å². The molecule has 6 heteroatoms. The van der Waals surface area contributed by atoms with E-state index in [2.05, 4.69) is 21.2 Å². The summed E-state index contributed by atoms with van der Waals surface area (Å²) in [6, 6.07) is 4.50. The Hall–Kier alpha value is -0.460. The zero-order valence-corrected chi connectivity index (χ0v) is 13.0. The third-order valence-corrected chi connectivity index (χ3v) is 5.46. The van der Waals surface area contributed by atoms with Crippen LogP contribution in [0, 0.1) is 0 Å². The van der Waals surface area contributed by atoms with Gasteiger partial charge in [0.2, 0.25) is 0 Å². The first-order chi connectivity index (χ1) is 8.24. The summed E-state index contributed by atoms with van der Waals surface area (Å²) in [5.41, 5.74) is -1.09. The zero-order valence-electron chi connectivity index (χ0n) is 10.6. The van der Waals surface area contributed by atoms with Crippen LogP contribution in [0.3, 0.4) is 0 Å². The van der Waals surface area contributed by atoms with E-state index in [1.54, 1.807) is 14.0 Å². The maximum absolute atomic E-state index is 14.3. The molecule has 0 saturated carbocycles. The van der Waals surface area contributed by atoms with Gasteiger partial charge in [-0.3, -0.25) is 0 Å². The molecule has 1 rings (SSSR count). The molecule has 0 amide bonds. The molecule has 1 N–H and O–H groups in total. The molecule has 0 aliphatic rings. The SMILES string of the molecule is CCS(=O)(=O)c1ccc(C(C)(F)CNC)cc1Br. The molecule has 0 spiro atoms. The van der Waals surface area contributed by atoms with E-state index in [9.17, 15) is 12.8 Å². The lowest BCUT2D eigenvalue weighted by Crippen LogP contribution is -2.29. The fraction of sp³-hybridized carbons (Fsp3) is 0.500. The Bertz CT molecular complexity index is 529. The van der Waals surface area contributed by atoms with Gasteiger partial charge < -0.3 is 5.32 Å². The lowest BCUT2D eigenvalue weighted by molar-refractivity contribution is 0.190. The van der Waals surface area contributed by atoms with E-state index < -0.39 is 15.5 Å². The summed E-state index contributed by atoms with van der Waals surface area (Å²) in [6.07, 6.45) is 0. The van der Waals surface area contributed by atoms with Gasteiger partial charge in [0.1, 0.15) is 5.67 Å². The minimum atomic E-state index is -3.29. The van der Waals surface area contributed by atoms with Crippen LogP contribution in [-0.4, -0.2) is 27.8 Å². The Kier molecular flexibility index (Phi) is 4.91. The molecule has 0 radical (unpaired) electrons. The number of hydrogen-bond donors (Lipinski definition) is 1. The second kappa shape index (κ2) is 5.67. The lowest BCUT2D eigenvalue weighted by Gasteiger charge is -2.21. The first-order valence-corrected chi connectivity index (χ1v) is 8.05. The van der Waals surface area contributed by atoms with Crippen LogP contribution in [0.5, 0.6) is 0 Å². The number of halogens is 2. The first kappa shape index (κ1) is 15.6. The average Bonchev–Trinajstić information content (AvgIpc) is 2.28. The van der Waals surface area contributed by atoms with Gasteiger partial charge in [0, 0.05) is 11.0 Å². The lowest BCUT2D eigenvalue weighted by atomic mass is 9.98. The highest BCUT2D eigenvalue weighted by atomic mass is 79.9. The van der Waals surface area contributed by atoms with E-state index in [1.165, 1.54) is 25.1 Å². The highest BCUT2D eigenvalue weighted by Crippen LogP contribution is 2.31. The fourth-order valence-corrected chi connectivity index (χ4v) is 3.73. The number of alkyl halides is 1. The molecule has 0 aliphatic carbocycles. The van der Waals surface area contributed by atoms with Gasteiger partial charge in [-0.05, 0) is 47.6 Å². The Morgan fingerprint density at radius 1 is 1.44 bits per heavy atom. The van der Waals surface area contributed by atoms with Gasteiger partial charge in [0.05, 0.1) is 10.6 Å². The summed E-state index contributed by atoms with van der Waals surface area (Å²) in [7, 11) is -1.62. The maximum Gasteiger partial charge on any atom is 0.179 e. The van der Waals surface area contributed by atoms with Crippen molar-refractivity contribution in [2.24, 2.45) is 0 Å². The van der Waals surface area contributed by atoms with Crippen LogP contribution in [0.4, 0.5) is 4.39 Å². The Morgan fingerprint density at radius 2 is 2.06 bits per heavy atom. The summed E-state index contributed by atoms with van der Waals surface area (Å²) < 4.78 is 38.2. The van der Waals surface area contributed by atoms with Crippen LogP contribution >= 0.6 is 15.9 Å². The van der Waals surface area contributed by atoms with Crippen molar-refractivity contribution in [1.82, 2.24) is 5.32 Å². The van der Waals surface area contributed by atoms with Crippen molar-refractivity contribution in [3.8, 4) is 0 Å². The zero-order chi connectivity index (χ0) is 14.0. The first-order valence-electron chi connectivity index (χ1n) is 5.61. The highest BCUT2D eigenvalue weighted by Gasteiger charge is 2.26. The van der Waals surface area contributed by atoms with Crippen molar-refractivity contribution in [2.45, 2.75) is 24.4 Å². The molecule has 1 atom stereocenters. The number of sulfone groups is 1. The third kappa shape index (κ3) is 3.30. The molecule has 3 nitrogen and oxygen atoms in total. The van der Waals surface area contributed by atoms with Crippen LogP contribution < -0.4 is 5.32 Å². The minimum absolute atomic E-state index is 0.0222. The van der Waals surface area contributed by atoms with E-state index in [-0.39, 0.29) is 17.2 Å². The van der Waals surface area contributed by atoms with E-state index in [4.69, 9.17) is 0 Å². The van der Waals surface area contributed by atoms with Crippen molar-refractivity contribution in [2.75, 3.05) is 19.3 Å². The van der Waals surface area contributed by atoms with E-state index in [1.807, 2.05) is 0 Å². The summed E-state index contributed by atoms with van der Waals surface area (Å²) in [4.78, 5) is 0.203. The normalized spacial score (nSPS) is 15.4. The van der Waals surface area contributed by atoms with Crippen LogP contribution in [0.15, 0.2) is 27.6 Å². The largest absolute Gasteiger partial charge is 0.316 e. The smallest absolute Gasteiger partial charge is 0.179 e. The molecule has 1 aromatic rings. The second-order valence-corrected chi connectivity index (χ2v) is 7.38. The molecule has 0 bridgehead atoms. The van der Waals surface area contributed by atoms with Crippen LogP contribution in [0.25, 0.3) is 0 Å². The number of nitrogens with one attached hydrogen (secondary N) is 1. The Labute approximate surface area is 116 Å². The standard InChI is InChI=1S/C12H17BrFNO2S/c1-4-18(16,17)11-6-5-9(7-10(11)13)12(2,14)8-15-3/h5-7,15H,4,8H2,1-3H3. The number of benzene rings is 1. The predicted molar refractivity (Wildman–Crippen MR) is 74.3 cm³/mol. The number of hydrogen-bond acceptors (Lipinski definition) is 3. The molecule has 1 aromatic carbocycles. The molecular formula is C12H17BrFNO2S. The van der Waals surface area contributed by atoms with Crippen molar-refractivity contribution in [3.05, 3.63) is 28.2 Å². The van der Waals surface area contributed by atoms with Gasteiger partial charge in [0.25, 0.3) is 0 Å². The molecular weight excluding hydrogens is 321 g/mol. The van der Waals surface area contributed by atoms with Crippen molar-refractivity contribution < 1.29 is 12.8 Å². The second-order valence-electron chi connectivity index (χ2n) is 4.28. The monoisotopic (exact) mass is 337 g/mol. The molecule has 18 heavy (non-hydrogen) atoms. The molecule has 1 unspecified atom stereocenters. The third-order valence-electron chi connectivity index (χ3n) is 2.76. The highest BCUT2D eigenvalue weighted by molar-refractivity contribution is 9.10. The van der Waals surface area contributed by atoms with Crippen molar-refractivity contribution in [3.63, 3.8) is 0 Å². The Morgan fingerprint density at radius 3 is 2.50 bits per heavy atom. The van der Waals surface area contributed by atoms with Gasteiger partial charge in [-0.2, -0.15) is 0 Å². The van der Waals surface area contributed by atoms with Gasteiger partial charge >= 0.3 is 0 Å². The van der Waals surface area contributed by atoms with E-state index in [0.29, 0.717) is 10.0 Å². The molecule has 0 aromatic heterocycles. The van der Waals surface area contributed by atoms with Gasteiger partial charge in [0.15, 0.2) is 9.84 Å². The maximum atomic E-state index is 14.3. The number of likely N-dealkylation sites (N-methyl/N-ethyl adjacent to an activating group) is 1. The van der Waals surface area contributed by atoms with Gasteiger partial charge in [-0.25, -0.2) is 12.8 Å². The molecule has 0 fully saturated rings. The van der Waals surface area contributed by atoms with E-state index in [0.717, 1.165) is 0 Å². The molecule has 102 valence electrons. The topological polar surface area (TPSA) is 46.2 Å². The van der Waals surface area contributed by atoms with Gasteiger partial charge in [-0.15, -0.1) is 0 Å². The summed E-state index contributed by atoms with van der Waals surface area (Å²) in [6.45, 7) is 3.20. The quantitative estimate of drug-likeness (QED) is 0.898. The van der Waals surface area contributed by atoms with Gasteiger partial charge in [-0.1, -0.05) is 13.0 Å². The molecule has 0 heterocycles. The fourth-order valence-electron chi connectivity index (χ4n) is 1.67. The summed E-state index contributed by atoms with van der Waals surface area (Å²) in [5.74, 6) is 0.0222. The summed E-state index contributed by atoms with van der Waals surface area (Å²) in [5, 5.41) is 2.77. The minimum Gasteiger partial charge on any atom is -0.316 e.